The normalized spacial score (nSPS) is 10.7. The van der Waals surface area contributed by atoms with Gasteiger partial charge in [0.25, 0.3) is 0 Å². The van der Waals surface area contributed by atoms with Crippen molar-refractivity contribution in [2.75, 3.05) is 7.11 Å². The first-order chi connectivity index (χ1) is 8.58. The van der Waals surface area contributed by atoms with Crippen LogP contribution in [0.15, 0.2) is 15.1 Å². The Labute approximate surface area is 110 Å². The molecule has 96 valence electrons. The predicted octanol–water partition coefficient (Wildman–Crippen LogP) is 1.81. The number of nitrogens with two attached hydrogens (primary N) is 1. The minimum Gasteiger partial charge on any atom is -0.504 e. The van der Waals surface area contributed by atoms with Gasteiger partial charge in [-0.1, -0.05) is 5.16 Å². The molecular formula is C10H9BrFN3O3. The van der Waals surface area contributed by atoms with Gasteiger partial charge in [-0.3, -0.25) is 0 Å². The highest BCUT2D eigenvalue weighted by Crippen LogP contribution is 2.40. The Morgan fingerprint density at radius 2 is 2.33 bits per heavy atom. The maximum absolute atomic E-state index is 13.8. The van der Waals surface area contributed by atoms with Crippen molar-refractivity contribution in [2.24, 2.45) is 5.73 Å². The van der Waals surface area contributed by atoms with Crippen LogP contribution in [0.3, 0.4) is 0 Å². The zero-order chi connectivity index (χ0) is 13.3. The molecule has 2 rings (SSSR count). The first-order valence-corrected chi connectivity index (χ1v) is 5.65. The highest BCUT2D eigenvalue weighted by molar-refractivity contribution is 9.10. The molecule has 0 aliphatic heterocycles. The molecule has 0 bridgehead atoms. The molecule has 8 heteroatoms. The summed E-state index contributed by atoms with van der Waals surface area (Å²) in [4.78, 5) is 3.97. The van der Waals surface area contributed by atoms with E-state index in [4.69, 9.17) is 15.0 Å². The van der Waals surface area contributed by atoms with Gasteiger partial charge in [0.2, 0.25) is 17.5 Å². The van der Waals surface area contributed by atoms with E-state index >= 15 is 0 Å². The first-order valence-electron chi connectivity index (χ1n) is 4.86. The number of phenolic OH excluding ortho intramolecular Hbond substituents is 1. The SMILES string of the molecule is COc1c(-c2noc(CN)n2)cc(Br)c(O)c1F. The van der Waals surface area contributed by atoms with E-state index in [1.165, 1.54) is 13.2 Å². The van der Waals surface area contributed by atoms with Gasteiger partial charge in [0.1, 0.15) is 0 Å². The third-order valence-electron chi connectivity index (χ3n) is 2.24. The average Bonchev–Trinajstić information content (AvgIpc) is 2.84. The summed E-state index contributed by atoms with van der Waals surface area (Å²) in [6.07, 6.45) is 0. The summed E-state index contributed by atoms with van der Waals surface area (Å²) in [6.45, 7) is 0.0804. The third kappa shape index (κ3) is 2.04. The van der Waals surface area contributed by atoms with Gasteiger partial charge in [-0.05, 0) is 22.0 Å². The molecule has 1 aromatic carbocycles. The Bertz CT molecular complexity index is 588. The van der Waals surface area contributed by atoms with E-state index in [0.717, 1.165) is 0 Å². The van der Waals surface area contributed by atoms with Crippen LogP contribution < -0.4 is 10.5 Å². The van der Waals surface area contributed by atoms with E-state index in [1.807, 2.05) is 0 Å². The number of hydrogen-bond acceptors (Lipinski definition) is 6. The number of ether oxygens (including phenoxy) is 1. The van der Waals surface area contributed by atoms with E-state index in [1.54, 1.807) is 0 Å². The van der Waals surface area contributed by atoms with Crippen LogP contribution in [0, 0.1) is 5.82 Å². The number of halogens is 2. The molecule has 0 spiro atoms. The molecule has 1 heterocycles. The molecule has 0 radical (unpaired) electrons. The fourth-order valence-electron chi connectivity index (χ4n) is 1.40. The Morgan fingerprint density at radius 3 is 2.89 bits per heavy atom. The minimum absolute atomic E-state index is 0.0804. The molecule has 18 heavy (non-hydrogen) atoms. The number of aromatic hydroxyl groups is 1. The summed E-state index contributed by atoms with van der Waals surface area (Å²) in [5.41, 5.74) is 5.60. The molecule has 0 amide bonds. The summed E-state index contributed by atoms with van der Waals surface area (Å²) in [5, 5.41) is 13.1. The van der Waals surface area contributed by atoms with Gasteiger partial charge in [-0.15, -0.1) is 0 Å². The molecule has 0 aliphatic rings. The molecule has 0 fully saturated rings. The Balaban J connectivity index is 2.63. The smallest absolute Gasteiger partial charge is 0.240 e. The molecule has 0 aliphatic carbocycles. The predicted molar refractivity (Wildman–Crippen MR) is 63.5 cm³/mol. The number of hydrogen-bond donors (Lipinski definition) is 2. The number of methoxy groups -OCH3 is 1. The van der Waals surface area contributed by atoms with E-state index < -0.39 is 11.6 Å². The standard InChI is InChI=1S/C10H9BrFN3O3/c1-17-9-4(2-5(11)8(16)7(9)12)10-14-6(3-13)18-15-10/h2,16H,3,13H2,1H3. The number of phenols is 1. The minimum atomic E-state index is -0.902. The molecule has 3 N–H and O–H groups in total. The van der Waals surface area contributed by atoms with Crippen LogP contribution >= 0.6 is 15.9 Å². The van der Waals surface area contributed by atoms with Gasteiger partial charge in [0.15, 0.2) is 11.5 Å². The highest BCUT2D eigenvalue weighted by atomic mass is 79.9. The maximum Gasteiger partial charge on any atom is 0.240 e. The Morgan fingerprint density at radius 1 is 1.61 bits per heavy atom. The molecule has 0 unspecified atom stereocenters. The van der Waals surface area contributed by atoms with Crippen molar-refractivity contribution in [3.8, 4) is 22.9 Å². The first kappa shape index (κ1) is 12.8. The lowest BCUT2D eigenvalue weighted by molar-refractivity contribution is 0.363. The second-order valence-corrected chi connectivity index (χ2v) is 4.17. The van der Waals surface area contributed by atoms with Crippen LogP contribution in [-0.4, -0.2) is 22.4 Å². The van der Waals surface area contributed by atoms with E-state index in [2.05, 4.69) is 26.1 Å². The summed E-state index contributed by atoms with van der Waals surface area (Å²) in [7, 11) is 1.28. The molecule has 2 aromatic rings. The maximum atomic E-state index is 13.8. The van der Waals surface area contributed by atoms with E-state index in [0.29, 0.717) is 0 Å². The van der Waals surface area contributed by atoms with Crippen LogP contribution in [0.4, 0.5) is 4.39 Å². The quantitative estimate of drug-likeness (QED) is 0.896. The van der Waals surface area contributed by atoms with Gasteiger partial charge in [0.05, 0.1) is 23.7 Å². The lowest BCUT2D eigenvalue weighted by atomic mass is 10.1. The van der Waals surface area contributed by atoms with Gasteiger partial charge in [-0.25, -0.2) is 0 Å². The number of aromatic nitrogens is 2. The molecular weight excluding hydrogens is 309 g/mol. The van der Waals surface area contributed by atoms with Crippen LogP contribution in [0.2, 0.25) is 0 Å². The fraction of sp³-hybridized carbons (Fsp3) is 0.200. The van der Waals surface area contributed by atoms with Crippen molar-refractivity contribution >= 4 is 15.9 Å². The summed E-state index contributed by atoms with van der Waals surface area (Å²) in [6, 6.07) is 1.43. The largest absolute Gasteiger partial charge is 0.504 e. The number of benzene rings is 1. The van der Waals surface area contributed by atoms with Gasteiger partial charge in [-0.2, -0.15) is 9.37 Å². The van der Waals surface area contributed by atoms with Crippen molar-refractivity contribution in [1.82, 2.24) is 10.1 Å². The molecule has 6 nitrogen and oxygen atoms in total. The van der Waals surface area contributed by atoms with Crippen molar-refractivity contribution < 1.29 is 18.8 Å². The average molecular weight is 318 g/mol. The topological polar surface area (TPSA) is 94.4 Å². The third-order valence-corrected chi connectivity index (χ3v) is 2.84. The number of rotatable bonds is 3. The van der Waals surface area contributed by atoms with Gasteiger partial charge < -0.3 is 20.1 Å². The molecule has 0 atom stereocenters. The second-order valence-electron chi connectivity index (χ2n) is 3.32. The van der Waals surface area contributed by atoms with Crippen molar-refractivity contribution in [1.29, 1.82) is 0 Å². The van der Waals surface area contributed by atoms with Crippen molar-refractivity contribution in [3.05, 3.63) is 22.2 Å². The fourth-order valence-corrected chi connectivity index (χ4v) is 1.81. The summed E-state index contributed by atoms with van der Waals surface area (Å²) in [5.74, 6) is -1.26. The van der Waals surface area contributed by atoms with Crippen LogP contribution in [0.25, 0.3) is 11.4 Å². The molecule has 0 saturated heterocycles. The number of nitrogens with zero attached hydrogens (tertiary/aromatic N) is 2. The summed E-state index contributed by atoms with van der Waals surface area (Å²) < 4.78 is 23.7. The van der Waals surface area contributed by atoms with Gasteiger partial charge in [0, 0.05) is 0 Å². The van der Waals surface area contributed by atoms with Crippen molar-refractivity contribution in [3.63, 3.8) is 0 Å². The lowest BCUT2D eigenvalue weighted by Crippen LogP contribution is -1.97. The monoisotopic (exact) mass is 317 g/mol. The lowest BCUT2D eigenvalue weighted by Gasteiger charge is -2.09. The van der Waals surface area contributed by atoms with Crippen LogP contribution in [0.1, 0.15) is 5.89 Å². The molecule has 0 saturated carbocycles. The van der Waals surface area contributed by atoms with E-state index in [9.17, 15) is 9.50 Å². The van der Waals surface area contributed by atoms with Gasteiger partial charge >= 0.3 is 0 Å². The Hall–Kier alpha value is -1.67. The van der Waals surface area contributed by atoms with Crippen LogP contribution in [-0.2, 0) is 6.54 Å². The highest BCUT2D eigenvalue weighted by Gasteiger charge is 2.21. The zero-order valence-electron chi connectivity index (χ0n) is 9.28. The second kappa shape index (κ2) is 4.91. The van der Waals surface area contributed by atoms with E-state index in [-0.39, 0.29) is 34.0 Å². The zero-order valence-corrected chi connectivity index (χ0v) is 10.9. The van der Waals surface area contributed by atoms with Crippen LogP contribution in [0.5, 0.6) is 11.5 Å². The Kier molecular flexibility index (Phi) is 3.48. The summed E-state index contributed by atoms with van der Waals surface area (Å²) >= 11 is 3.02. The molecule has 1 aromatic heterocycles. The van der Waals surface area contributed by atoms with Crippen molar-refractivity contribution in [2.45, 2.75) is 6.54 Å².